The van der Waals surface area contributed by atoms with Gasteiger partial charge in [-0.15, -0.1) is 0 Å². The molecule has 2 amide bonds. The van der Waals surface area contributed by atoms with Gasteiger partial charge in [-0.05, 0) is 60.4 Å². The van der Waals surface area contributed by atoms with Gasteiger partial charge in [-0.1, -0.05) is 115 Å². The van der Waals surface area contributed by atoms with E-state index in [9.17, 15) is 18.0 Å². The fourth-order valence-corrected chi connectivity index (χ4v) is 7.00. The minimum absolute atomic E-state index is 0.00590. The highest BCUT2D eigenvalue weighted by Crippen LogP contribution is 2.31. The summed E-state index contributed by atoms with van der Waals surface area (Å²) in [5, 5.41) is 3.83. The molecule has 0 radical (unpaired) electrons. The summed E-state index contributed by atoms with van der Waals surface area (Å²) in [5.74, 6) is -0.838. The quantitative estimate of drug-likeness (QED) is 0.156. The van der Waals surface area contributed by atoms with Crippen LogP contribution >= 0.6 is 34.8 Å². The fraction of sp³-hybridized carbons (Fsp3) is 0.257. The molecule has 242 valence electrons. The van der Waals surface area contributed by atoms with Crippen LogP contribution in [0.2, 0.25) is 15.1 Å². The average molecular weight is 701 g/mol. The highest BCUT2D eigenvalue weighted by atomic mass is 35.5. The summed E-state index contributed by atoms with van der Waals surface area (Å²) < 4.78 is 29.3. The normalized spacial score (nSPS) is 12.1. The fourth-order valence-electron chi connectivity index (χ4n) is 4.81. The van der Waals surface area contributed by atoms with Crippen molar-refractivity contribution in [1.82, 2.24) is 10.2 Å². The predicted molar refractivity (Wildman–Crippen MR) is 186 cm³/mol. The molecule has 1 N–H and O–H groups in total. The number of halogens is 3. The van der Waals surface area contributed by atoms with Gasteiger partial charge in [-0.3, -0.25) is 13.9 Å². The van der Waals surface area contributed by atoms with Gasteiger partial charge in [0.1, 0.15) is 12.6 Å². The van der Waals surface area contributed by atoms with Crippen LogP contribution in [0.3, 0.4) is 0 Å². The molecule has 0 bridgehead atoms. The maximum atomic E-state index is 14.6. The zero-order valence-electron chi connectivity index (χ0n) is 25.8. The molecule has 1 atom stereocenters. The molecular weight excluding hydrogens is 665 g/mol. The van der Waals surface area contributed by atoms with Gasteiger partial charge >= 0.3 is 0 Å². The van der Waals surface area contributed by atoms with Crippen molar-refractivity contribution >= 4 is 62.3 Å². The van der Waals surface area contributed by atoms with Crippen LogP contribution in [0.15, 0.2) is 102 Å². The van der Waals surface area contributed by atoms with Crippen molar-refractivity contribution in [3.05, 3.63) is 129 Å². The van der Waals surface area contributed by atoms with Gasteiger partial charge in [0.15, 0.2) is 0 Å². The predicted octanol–water partition coefficient (Wildman–Crippen LogP) is 7.56. The summed E-state index contributed by atoms with van der Waals surface area (Å²) >= 11 is 19.3. The number of sulfonamides is 1. The lowest BCUT2D eigenvalue weighted by Crippen LogP contribution is -2.53. The standard InChI is InChI=1S/C35H36Cl3N3O4S/c1-24(2)21-39-35(43)33(19-26-9-5-4-6-10-26)40(22-27-15-16-28(36)20-31(27)38)34(42)23-41(32-12-8-7-11-30(32)37)46(44,45)29-17-13-25(3)14-18-29/h4-18,20,24,33H,19,21-23H2,1-3H3,(H,39,43). The van der Waals surface area contributed by atoms with Gasteiger partial charge in [0.05, 0.1) is 15.6 Å². The number of amides is 2. The second-order valence-electron chi connectivity index (χ2n) is 11.4. The third kappa shape index (κ3) is 9.04. The molecule has 7 nitrogen and oxygen atoms in total. The summed E-state index contributed by atoms with van der Waals surface area (Å²) in [6.45, 7) is 5.47. The molecule has 11 heteroatoms. The lowest BCUT2D eigenvalue weighted by atomic mass is 10.0. The number of rotatable bonds is 13. The van der Waals surface area contributed by atoms with Gasteiger partial charge in [-0.2, -0.15) is 0 Å². The van der Waals surface area contributed by atoms with E-state index in [4.69, 9.17) is 34.8 Å². The van der Waals surface area contributed by atoms with E-state index in [-0.39, 0.29) is 40.4 Å². The average Bonchev–Trinajstić information content (AvgIpc) is 3.02. The second kappa shape index (κ2) is 15.8. The van der Waals surface area contributed by atoms with Crippen LogP contribution < -0.4 is 9.62 Å². The van der Waals surface area contributed by atoms with Crippen molar-refractivity contribution in [3.63, 3.8) is 0 Å². The molecule has 0 aliphatic rings. The van der Waals surface area contributed by atoms with Crippen molar-refractivity contribution < 1.29 is 18.0 Å². The number of anilines is 1. The first-order chi connectivity index (χ1) is 21.9. The number of hydrogen-bond acceptors (Lipinski definition) is 4. The maximum absolute atomic E-state index is 14.6. The van der Waals surface area contributed by atoms with E-state index in [0.717, 1.165) is 15.4 Å². The Morgan fingerprint density at radius 3 is 2.11 bits per heavy atom. The van der Waals surface area contributed by atoms with Gasteiger partial charge in [0, 0.05) is 29.6 Å². The first-order valence-electron chi connectivity index (χ1n) is 14.8. The van der Waals surface area contributed by atoms with E-state index in [1.165, 1.54) is 17.0 Å². The van der Waals surface area contributed by atoms with Crippen molar-refractivity contribution in [2.45, 2.75) is 44.7 Å². The molecule has 0 aliphatic carbocycles. The Kier molecular flexibility index (Phi) is 12.1. The molecule has 46 heavy (non-hydrogen) atoms. The molecule has 0 heterocycles. The van der Waals surface area contributed by atoms with E-state index in [2.05, 4.69) is 5.32 Å². The molecule has 0 aliphatic heterocycles. The molecule has 4 aromatic rings. The molecule has 0 spiro atoms. The summed E-state index contributed by atoms with van der Waals surface area (Å²) in [6.07, 6.45) is 0.179. The smallest absolute Gasteiger partial charge is 0.264 e. The van der Waals surface area contributed by atoms with Gasteiger partial charge in [-0.25, -0.2) is 8.42 Å². The summed E-state index contributed by atoms with van der Waals surface area (Å²) in [7, 11) is -4.28. The van der Waals surface area contributed by atoms with E-state index < -0.39 is 28.5 Å². The van der Waals surface area contributed by atoms with E-state index in [0.29, 0.717) is 22.2 Å². The first-order valence-corrected chi connectivity index (χ1v) is 17.3. The second-order valence-corrected chi connectivity index (χ2v) is 14.5. The van der Waals surface area contributed by atoms with Crippen molar-refractivity contribution in [2.24, 2.45) is 5.92 Å². The number of benzene rings is 4. The Bertz CT molecular complexity index is 1770. The van der Waals surface area contributed by atoms with Gasteiger partial charge in [0.25, 0.3) is 10.0 Å². The maximum Gasteiger partial charge on any atom is 0.264 e. The molecule has 0 saturated heterocycles. The molecule has 4 rings (SSSR count). The monoisotopic (exact) mass is 699 g/mol. The van der Waals surface area contributed by atoms with Crippen LogP contribution in [0, 0.1) is 12.8 Å². The Morgan fingerprint density at radius 2 is 1.48 bits per heavy atom. The highest BCUT2D eigenvalue weighted by molar-refractivity contribution is 7.92. The number of hydrogen-bond donors (Lipinski definition) is 1. The molecule has 4 aromatic carbocycles. The SMILES string of the molecule is Cc1ccc(S(=O)(=O)N(CC(=O)N(Cc2ccc(Cl)cc2Cl)C(Cc2ccccc2)C(=O)NCC(C)C)c2ccccc2Cl)cc1. The third-order valence-electron chi connectivity index (χ3n) is 7.32. The van der Waals surface area contributed by atoms with Crippen molar-refractivity contribution in [1.29, 1.82) is 0 Å². The number of carbonyl (C=O) groups is 2. The summed E-state index contributed by atoms with van der Waals surface area (Å²) in [5.41, 5.74) is 2.37. The minimum Gasteiger partial charge on any atom is -0.354 e. The Balaban J connectivity index is 1.83. The van der Waals surface area contributed by atoms with Crippen LogP contribution in [0.4, 0.5) is 5.69 Å². The van der Waals surface area contributed by atoms with Gasteiger partial charge < -0.3 is 10.2 Å². The van der Waals surface area contributed by atoms with E-state index in [1.807, 2.05) is 51.1 Å². The molecule has 1 unspecified atom stereocenters. The van der Waals surface area contributed by atoms with Crippen LogP contribution in [0.5, 0.6) is 0 Å². The largest absolute Gasteiger partial charge is 0.354 e. The lowest BCUT2D eigenvalue weighted by Gasteiger charge is -2.34. The van der Waals surface area contributed by atoms with Crippen LogP contribution in [-0.2, 0) is 32.6 Å². The lowest BCUT2D eigenvalue weighted by molar-refractivity contribution is -0.140. The molecule has 0 saturated carbocycles. The zero-order chi connectivity index (χ0) is 33.4. The number of aryl methyl sites for hydroxylation is 1. The van der Waals surface area contributed by atoms with Crippen molar-refractivity contribution in [3.8, 4) is 0 Å². The van der Waals surface area contributed by atoms with E-state index >= 15 is 0 Å². The first kappa shape index (κ1) is 35.3. The number of nitrogens with zero attached hydrogens (tertiary/aromatic N) is 2. The Morgan fingerprint density at radius 1 is 0.826 bits per heavy atom. The van der Waals surface area contributed by atoms with E-state index in [1.54, 1.807) is 54.6 Å². The summed E-state index contributed by atoms with van der Waals surface area (Å²) in [6, 6.07) is 26.0. The van der Waals surface area contributed by atoms with Crippen LogP contribution in [0.25, 0.3) is 0 Å². The van der Waals surface area contributed by atoms with Crippen LogP contribution in [0.1, 0.15) is 30.5 Å². The summed E-state index contributed by atoms with van der Waals surface area (Å²) in [4.78, 5) is 29.8. The van der Waals surface area contributed by atoms with Gasteiger partial charge in [0.2, 0.25) is 11.8 Å². The molecule has 0 aromatic heterocycles. The number of para-hydroxylation sites is 1. The minimum atomic E-state index is -4.28. The van der Waals surface area contributed by atoms with Crippen LogP contribution in [-0.4, -0.2) is 44.3 Å². The topological polar surface area (TPSA) is 86.8 Å². The Hall–Kier alpha value is -3.56. The number of nitrogens with one attached hydrogen (secondary N) is 1. The molecule has 0 fully saturated rings. The zero-order valence-corrected chi connectivity index (χ0v) is 28.9. The third-order valence-corrected chi connectivity index (χ3v) is 10.0. The van der Waals surface area contributed by atoms with Crippen molar-refractivity contribution in [2.75, 3.05) is 17.4 Å². The highest BCUT2D eigenvalue weighted by Gasteiger charge is 2.35. The number of carbonyl (C=O) groups excluding carboxylic acids is 2. The molecular formula is C35H36Cl3N3O4S. The Labute approximate surface area is 286 Å².